The van der Waals surface area contributed by atoms with Crippen LogP contribution in [0.3, 0.4) is 0 Å². The summed E-state index contributed by atoms with van der Waals surface area (Å²) in [5, 5.41) is 3.90. The molecule has 2 heterocycles. The van der Waals surface area contributed by atoms with Gasteiger partial charge in [-0.05, 0) is 50.7 Å². The number of carbonyl (C=O) groups excluding carboxylic acids is 1. The fourth-order valence-electron chi connectivity index (χ4n) is 4.43. The number of hydrogen-bond donors (Lipinski definition) is 1. The van der Waals surface area contributed by atoms with Crippen LogP contribution in [-0.4, -0.2) is 58.8 Å². The van der Waals surface area contributed by atoms with Crippen LogP contribution < -0.4 is 10.2 Å². The molecule has 0 spiro atoms. The number of rotatable bonds is 8. The van der Waals surface area contributed by atoms with Gasteiger partial charge in [-0.1, -0.05) is 30.8 Å². The van der Waals surface area contributed by atoms with E-state index in [0.29, 0.717) is 0 Å². The van der Waals surface area contributed by atoms with Gasteiger partial charge in [0.1, 0.15) is 5.82 Å². The van der Waals surface area contributed by atoms with Crippen molar-refractivity contribution in [2.24, 2.45) is 0 Å². The molecule has 1 atom stereocenters. The smallest absolute Gasteiger partial charge is 0.230 e. The lowest BCUT2D eigenvalue weighted by molar-refractivity contribution is -0.119. The van der Waals surface area contributed by atoms with Crippen LogP contribution in [0, 0.1) is 5.82 Å². The number of aromatic nitrogens is 2. The van der Waals surface area contributed by atoms with E-state index in [0.717, 1.165) is 66.7 Å². The van der Waals surface area contributed by atoms with Crippen LogP contribution in [-0.2, 0) is 11.3 Å². The van der Waals surface area contributed by atoms with Crippen molar-refractivity contribution in [3.63, 3.8) is 0 Å². The van der Waals surface area contributed by atoms with E-state index in [-0.39, 0.29) is 23.5 Å². The molecule has 1 amide bonds. The predicted octanol–water partition coefficient (Wildman–Crippen LogP) is 4.31. The lowest BCUT2D eigenvalue weighted by Gasteiger charge is -2.37. The van der Waals surface area contributed by atoms with E-state index in [1.165, 1.54) is 17.8 Å². The molecule has 1 aromatic heterocycles. The van der Waals surface area contributed by atoms with E-state index in [4.69, 9.17) is 0 Å². The van der Waals surface area contributed by atoms with E-state index in [1.807, 2.05) is 37.3 Å². The summed E-state index contributed by atoms with van der Waals surface area (Å²) in [4.78, 5) is 22.2. The summed E-state index contributed by atoms with van der Waals surface area (Å²) in [5.41, 5.74) is 3.83. The second-order valence-corrected chi connectivity index (χ2v) is 9.27. The van der Waals surface area contributed by atoms with Gasteiger partial charge >= 0.3 is 0 Å². The molecular formula is C25H32FN5OS. The van der Waals surface area contributed by atoms with Crippen molar-refractivity contribution < 1.29 is 9.18 Å². The number of likely N-dealkylation sites (N-methyl/N-ethyl adjacent to an activating group) is 1. The van der Waals surface area contributed by atoms with Gasteiger partial charge in [-0.15, -0.1) is 0 Å². The molecule has 1 aliphatic rings. The average Bonchev–Trinajstić information content (AvgIpc) is 3.20. The molecule has 2 aromatic carbocycles. The first kappa shape index (κ1) is 23.6. The second-order valence-electron chi connectivity index (χ2n) is 8.33. The Kier molecular flexibility index (Phi) is 7.55. The Bertz CT molecular complexity index is 1110. The van der Waals surface area contributed by atoms with Crippen molar-refractivity contribution in [3.8, 4) is 0 Å². The Morgan fingerprint density at radius 2 is 1.88 bits per heavy atom. The molecule has 1 N–H and O–H groups in total. The summed E-state index contributed by atoms with van der Waals surface area (Å²) >= 11 is 1.43. The van der Waals surface area contributed by atoms with E-state index in [1.54, 1.807) is 6.07 Å². The number of piperazine rings is 1. The third-order valence-corrected chi connectivity index (χ3v) is 7.24. The number of aryl methyl sites for hydroxylation is 1. The van der Waals surface area contributed by atoms with Crippen molar-refractivity contribution in [1.29, 1.82) is 0 Å². The summed E-state index contributed by atoms with van der Waals surface area (Å²) in [7, 11) is 0. The first-order chi connectivity index (χ1) is 16.0. The fraction of sp³-hybridized carbons (Fsp3) is 0.440. The van der Waals surface area contributed by atoms with Crippen LogP contribution in [0.4, 0.5) is 10.1 Å². The molecule has 4 rings (SSSR count). The minimum atomic E-state index is -0.294. The Morgan fingerprint density at radius 3 is 2.61 bits per heavy atom. The third-order valence-electron chi connectivity index (χ3n) is 6.26. The molecule has 1 fully saturated rings. The number of imidazole rings is 1. The first-order valence-corrected chi connectivity index (χ1v) is 12.6. The SMILES string of the molecule is CCN1CCN(c2ccc(F)cc2[C@H](C)NC(=O)CSc2nc3ccccc3n2CC)CC1. The molecule has 6 nitrogen and oxygen atoms in total. The molecule has 0 bridgehead atoms. The summed E-state index contributed by atoms with van der Waals surface area (Å²) in [6.45, 7) is 11.8. The maximum absolute atomic E-state index is 14.1. The molecular weight excluding hydrogens is 437 g/mol. The number of nitrogens with zero attached hydrogens (tertiary/aromatic N) is 4. The summed E-state index contributed by atoms with van der Waals surface area (Å²) in [6, 6.07) is 12.6. The highest BCUT2D eigenvalue weighted by Gasteiger charge is 2.22. The molecule has 0 aliphatic carbocycles. The van der Waals surface area contributed by atoms with Crippen molar-refractivity contribution >= 4 is 34.4 Å². The van der Waals surface area contributed by atoms with Crippen LogP contribution in [0.25, 0.3) is 11.0 Å². The standard InChI is InChI=1S/C25H32FN5OS/c1-4-29-12-14-30(15-13-29)22-11-10-19(26)16-20(22)18(3)27-24(32)17-33-25-28-21-8-6-7-9-23(21)31(25)5-2/h6-11,16,18H,4-5,12-15,17H2,1-3H3,(H,27,32)/t18-/m0/s1. The lowest BCUT2D eigenvalue weighted by Crippen LogP contribution is -2.46. The number of halogens is 1. The fourth-order valence-corrected chi connectivity index (χ4v) is 5.32. The van der Waals surface area contributed by atoms with E-state index < -0.39 is 0 Å². The monoisotopic (exact) mass is 469 g/mol. The van der Waals surface area contributed by atoms with Crippen LogP contribution in [0.5, 0.6) is 0 Å². The van der Waals surface area contributed by atoms with Gasteiger partial charge in [0.05, 0.1) is 22.8 Å². The number of hydrogen-bond acceptors (Lipinski definition) is 5. The van der Waals surface area contributed by atoms with Crippen molar-refractivity contribution in [1.82, 2.24) is 19.8 Å². The van der Waals surface area contributed by atoms with E-state index >= 15 is 0 Å². The van der Waals surface area contributed by atoms with Gasteiger partial charge < -0.3 is 19.7 Å². The number of nitrogens with one attached hydrogen (secondary N) is 1. The van der Waals surface area contributed by atoms with Gasteiger partial charge in [-0.3, -0.25) is 4.79 Å². The Labute approximate surface area is 199 Å². The van der Waals surface area contributed by atoms with Crippen molar-refractivity contribution in [2.45, 2.75) is 38.5 Å². The van der Waals surface area contributed by atoms with Crippen LogP contribution in [0.2, 0.25) is 0 Å². The number of para-hydroxylation sites is 2. The number of anilines is 1. The molecule has 0 unspecified atom stereocenters. The average molecular weight is 470 g/mol. The van der Waals surface area contributed by atoms with Crippen molar-refractivity contribution in [2.75, 3.05) is 43.4 Å². The largest absolute Gasteiger partial charge is 0.369 e. The molecule has 0 radical (unpaired) electrons. The third kappa shape index (κ3) is 5.33. The van der Waals surface area contributed by atoms with Gasteiger partial charge in [0.15, 0.2) is 5.16 Å². The Balaban J connectivity index is 1.43. The number of benzene rings is 2. The van der Waals surface area contributed by atoms with Gasteiger partial charge in [-0.2, -0.15) is 0 Å². The van der Waals surface area contributed by atoms with E-state index in [9.17, 15) is 9.18 Å². The van der Waals surface area contributed by atoms with Gasteiger partial charge in [0, 0.05) is 44.0 Å². The first-order valence-electron chi connectivity index (χ1n) is 11.6. The Hall–Kier alpha value is -2.58. The van der Waals surface area contributed by atoms with Crippen LogP contribution in [0.15, 0.2) is 47.6 Å². The minimum Gasteiger partial charge on any atom is -0.369 e. The maximum Gasteiger partial charge on any atom is 0.230 e. The number of carbonyl (C=O) groups is 1. The molecule has 1 saturated heterocycles. The number of thioether (sulfide) groups is 1. The number of amides is 1. The predicted molar refractivity (Wildman–Crippen MR) is 133 cm³/mol. The topological polar surface area (TPSA) is 53.4 Å². The van der Waals surface area contributed by atoms with Crippen LogP contribution >= 0.6 is 11.8 Å². The molecule has 33 heavy (non-hydrogen) atoms. The summed E-state index contributed by atoms with van der Waals surface area (Å²) in [5.74, 6) is -0.116. The lowest BCUT2D eigenvalue weighted by atomic mass is 10.0. The molecule has 8 heteroatoms. The van der Waals surface area contributed by atoms with Crippen LogP contribution in [0.1, 0.15) is 32.4 Å². The normalized spacial score (nSPS) is 15.7. The zero-order valence-corrected chi connectivity index (χ0v) is 20.4. The highest BCUT2D eigenvalue weighted by Crippen LogP contribution is 2.29. The molecule has 1 aliphatic heterocycles. The molecule has 0 saturated carbocycles. The highest BCUT2D eigenvalue weighted by molar-refractivity contribution is 7.99. The quantitative estimate of drug-likeness (QED) is 0.499. The second kappa shape index (κ2) is 10.6. The van der Waals surface area contributed by atoms with Gasteiger partial charge in [0.25, 0.3) is 0 Å². The van der Waals surface area contributed by atoms with E-state index in [2.05, 4.69) is 38.5 Å². The zero-order valence-electron chi connectivity index (χ0n) is 19.6. The summed E-state index contributed by atoms with van der Waals surface area (Å²) in [6.07, 6.45) is 0. The highest BCUT2D eigenvalue weighted by atomic mass is 32.2. The minimum absolute atomic E-state index is 0.0896. The van der Waals surface area contributed by atoms with Gasteiger partial charge in [0.2, 0.25) is 5.91 Å². The summed E-state index contributed by atoms with van der Waals surface area (Å²) < 4.78 is 16.3. The van der Waals surface area contributed by atoms with Crippen molar-refractivity contribution in [3.05, 3.63) is 53.8 Å². The van der Waals surface area contributed by atoms with Gasteiger partial charge in [-0.25, -0.2) is 9.37 Å². The number of fused-ring (bicyclic) bond motifs is 1. The zero-order chi connectivity index (χ0) is 23.4. The molecule has 176 valence electrons. The molecule has 3 aromatic rings. The Morgan fingerprint density at radius 1 is 1.12 bits per heavy atom. The maximum atomic E-state index is 14.1.